The lowest BCUT2D eigenvalue weighted by molar-refractivity contribution is -0.138. The minimum Gasteiger partial charge on any atom is -0.483 e. The summed E-state index contributed by atoms with van der Waals surface area (Å²) < 4.78 is 6.36. The van der Waals surface area contributed by atoms with E-state index in [0.717, 1.165) is 24.9 Å². The average Bonchev–Trinajstić information content (AvgIpc) is 2.84. The zero-order valence-corrected chi connectivity index (χ0v) is 16.4. The molecule has 0 bridgehead atoms. The topological polar surface area (TPSA) is 58.6 Å². The number of para-hydroxylation sites is 1. The van der Waals surface area contributed by atoms with Crippen LogP contribution in [0.1, 0.15) is 47.2 Å². The average molecular weight is 378 g/mol. The van der Waals surface area contributed by atoms with E-state index in [4.69, 9.17) is 4.74 Å². The molecule has 2 aliphatic rings. The lowest BCUT2D eigenvalue weighted by Crippen LogP contribution is -2.58. The van der Waals surface area contributed by atoms with E-state index in [1.165, 1.54) is 5.56 Å². The maximum atomic E-state index is 13.2. The molecule has 1 N–H and O–H groups in total. The molecule has 0 radical (unpaired) electrons. The minimum atomic E-state index is -0.580. The van der Waals surface area contributed by atoms with E-state index >= 15 is 0 Å². The summed E-state index contributed by atoms with van der Waals surface area (Å²) in [6.07, 6.45) is 1.66. The van der Waals surface area contributed by atoms with Crippen molar-refractivity contribution >= 4 is 11.8 Å². The zero-order valence-electron chi connectivity index (χ0n) is 16.4. The van der Waals surface area contributed by atoms with Gasteiger partial charge in [0.1, 0.15) is 11.4 Å². The van der Waals surface area contributed by atoms with E-state index in [1.54, 1.807) is 6.07 Å². The van der Waals surface area contributed by atoms with E-state index in [-0.39, 0.29) is 17.7 Å². The molecule has 1 saturated heterocycles. The Morgan fingerprint density at radius 1 is 1.18 bits per heavy atom. The van der Waals surface area contributed by atoms with Crippen molar-refractivity contribution in [3.05, 3.63) is 65.2 Å². The molecule has 1 fully saturated rings. The van der Waals surface area contributed by atoms with Gasteiger partial charge in [-0.25, -0.2) is 0 Å². The van der Waals surface area contributed by atoms with Crippen LogP contribution in [0, 0.1) is 6.92 Å². The second-order valence-electron chi connectivity index (χ2n) is 7.96. The Morgan fingerprint density at radius 3 is 2.71 bits per heavy atom. The molecular formula is C23H26N2O3. The van der Waals surface area contributed by atoms with Gasteiger partial charge in [0, 0.05) is 6.54 Å². The Hall–Kier alpha value is -2.82. The highest BCUT2D eigenvalue weighted by Crippen LogP contribution is 2.33. The highest BCUT2D eigenvalue weighted by molar-refractivity contribution is 5.97. The molecule has 0 unspecified atom stereocenters. The van der Waals surface area contributed by atoms with Gasteiger partial charge in [0.25, 0.3) is 5.91 Å². The summed E-state index contributed by atoms with van der Waals surface area (Å²) in [6, 6.07) is 15.4. The molecule has 0 aromatic heterocycles. The highest BCUT2D eigenvalue weighted by Gasteiger charge is 2.42. The summed E-state index contributed by atoms with van der Waals surface area (Å²) in [5.41, 5.74) is 2.18. The van der Waals surface area contributed by atoms with Crippen molar-refractivity contribution in [3.63, 3.8) is 0 Å². The number of benzene rings is 2. The van der Waals surface area contributed by atoms with Crippen molar-refractivity contribution in [2.75, 3.05) is 19.6 Å². The number of hydrogen-bond donors (Lipinski definition) is 1. The first kappa shape index (κ1) is 18.5. The van der Waals surface area contributed by atoms with Crippen molar-refractivity contribution < 1.29 is 14.3 Å². The third kappa shape index (κ3) is 3.49. The van der Waals surface area contributed by atoms with Gasteiger partial charge in [-0.1, -0.05) is 42.0 Å². The standard InChI is InChI=1S/C23H26N2O3/c1-16-8-10-18(11-9-16)17(2)22(27)25-13-5-12-23(15-25)14-24-21(26)19-6-3-4-7-20(19)28-23/h3-4,6-11,17H,5,12-15H2,1-2H3,(H,24,26)/t17-,23+/m1/s1. The molecule has 2 heterocycles. The summed E-state index contributed by atoms with van der Waals surface area (Å²) in [7, 11) is 0. The van der Waals surface area contributed by atoms with Gasteiger partial charge in [-0.15, -0.1) is 0 Å². The Balaban J connectivity index is 1.55. The van der Waals surface area contributed by atoms with Crippen LogP contribution in [-0.2, 0) is 4.79 Å². The number of aryl methyl sites for hydroxylation is 1. The van der Waals surface area contributed by atoms with Crippen LogP contribution >= 0.6 is 0 Å². The molecule has 0 saturated carbocycles. The summed E-state index contributed by atoms with van der Waals surface area (Å²) in [6.45, 7) is 5.61. The molecule has 28 heavy (non-hydrogen) atoms. The van der Waals surface area contributed by atoms with Crippen LogP contribution in [0.25, 0.3) is 0 Å². The summed E-state index contributed by atoms with van der Waals surface area (Å²) in [4.78, 5) is 27.5. The second kappa shape index (κ2) is 7.30. The number of rotatable bonds is 2. The number of hydrogen-bond acceptors (Lipinski definition) is 3. The van der Waals surface area contributed by atoms with Crippen LogP contribution in [0.2, 0.25) is 0 Å². The van der Waals surface area contributed by atoms with Crippen LogP contribution in [0.15, 0.2) is 48.5 Å². The Bertz CT molecular complexity index is 893. The van der Waals surface area contributed by atoms with Gasteiger partial charge >= 0.3 is 0 Å². The van der Waals surface area contributed by atoms with Crippen molar-refractivity contribution in [3.8, 4) is 5.75 Å². The fourth-order valence-corrected chi connectivity index (χ4v) is 4.13. The molecule has 5 heteroatoms. The SMILES string of the molecule is Cc1ccc([C@@H](C)C(=O)N2CCC[C@]3(CNC(=O)c4ccccc4O3)C2)cc1. The first-order valence-corrected chi connectivity index (χ1v) is 9.89. The number of piperidine rings is 1. The van der Waals surface area contributed by atoms with Gasteiger partial charge in [-0.2, -0.15) is 0 Å². The van der Waals surface area contributed by atoms with Gasteiger partial charge in [-0.05, 0) is 44.4 Å². The number of nitrogens with one attached hydrogen (secondary N) is 1. The van der Waals surface area contributed by atoms with Gasteiger partial charge in [0.15, 0.2) is 0 Å². The largest absolute Gasteiger partial charge is 0.483 e. The van der Waals surface area contributed by atoms with Gasteiger partial charge < -0.3 is 15.0 Å². The summed E-state index contributed by atoms with van der Waals surface area (Å²) in [5.74, 6) is 0.376. The first-order valence-electron chi connectivity index (χ1n) is 9.89. The first-order chi connectivity index (χ1) is 13.5. The lowest BCUT2D eigenvalue weighted by Gasteiger charge is -2.42. The quantitative estimate of drug-likeness (QED) is 0.872. The third-order valence-electron chi connectivity index (χ3n) is 5.83. The molecule has 2 aromatic rings. The predicted octanol–water partition coefficient (Wildman–Crippen LogP) is 3.28. The number of fused-ring (bicyclic) bond motifs is 1. The highest BCUT2D eigenvalue weighted by atomic mass is 16.5. The van der Waals surface area contributed by atoms with E-state index < -0.39 is 5.60 Å². The van der Waals surface area contributed by atoms with Crippen LogP contribution in [0.3, 0.4) is 0 Å². The molecule has 2 aliphatic heterocycles. The fraction of sp³-hybridized carbons (Fsp3) is 0.391. The van der Waals surface area contributed by atoms with Crippen LogP contribution in [0.5, 0.6) is 5.75 Å². The third-order valence-corrected chi connectivity index (χ3v) is 5.83. The lowest BCUT2D eigenvalue weighted by atomic mass is 9.90. The number of nitrogens with zero attached hydrogens (tertiary/aromatic N) is 1. The maximum absolute atomic E-state index is 13.2. The van der Waals surface area contributed by atoms with Crippen molar-refractivity contribution in [1.29, 1.82) is 0 Å². The van der Waals surface area contributed by atoms with Gasteiger partial charge in [0.2, 0.25) is 5.91 Å². The molecule has 2 aromatic carbocycles. The van der Waals surface area contributed by atoms with Crippen LogP contribution in [0.4, 0.5) is 0 Å². The van der Waals surface area contributed by atoms with Crippen LogP contribution in [-0.4, -0.2) is 41.9 Å². The van der Waals surface area contributed by atoms with Gasteiger partial charge in [0.05, 0.1) is 24.6 Å². The molecule has 146 valence electrons. The van der Waals surface area contributed by atoms with Gasteiger partial charge in [-0.3, -0.25) is 9.59 Å². The Labute approximate surface area is 165 Å². The fourth-order valence-electron chi connectivity index (χ4n) is 4.13. The minimum absolute atomic E-state index is 0.107. The van der Waals surface area contributed by atoms with Crippen molar-refractivity contribution in [1.82, 2.24) is 10.2 Å². The zero-order chi connectivity index (χ0) is 19.7. The van der Waals surface area contributed by atoms with E-state index in [0.29, 0.717) is 24.4 Å². The smallest absolute Gasteiger partial charge is 0.255 e. The Morgan fingerprint density at radius 2 is 1.93 bits per heavy atom. The maximum Gasteiger partial charge on any atom is 0.255 e. The number of ether oxygens (including phenoxy) is 1. The Kier molecular flexibility index (Phi) is 4.84. The summed E-state index contributed by atoms with van der Waals surface area (Å²) >= 11 is 0. The molecule has 4 rings (SSSR count). The van der Waals surface area contributed by atoms with Crippen molar-refractivity contribution in [2.24, 2.45) is 0 Å². The van der Waals surface area contributed by atoms with Crippen molar-refractivity contribution in [2.45, 2.75) is 38.2 Å². The number of amides is 2. The molecule has 1 spiro atoms. The number of carbonyl (C=O) groups is 2. The second-order valence-corrected chi connectivity index (χ2v) is 7.96. The van der Waals surface area contributed by atoms with E-state index in [2.05, 4.69) is 5.32 Å². The molecule has 0 aliphatic carbocycles. The molecular weight excluding hydrogens is 352 g/mol. The number of likely N-dealkylation sites (tertiary alicyclic amines) is 1. The predicted molar refractivity (Wildman–Crippen MR) is 108 cm³/mol. The monoisotopic (exact) mass is 378 g/mol. The normalized spacial score (nSPS) is 22.6. The molecule has 2 atom stereocenters. The van der Waals surface area contributed by atoms with E-state index in [1.807, 2.05) is 61.2 Å². The van der Waals surface area contributed by atoms with Crippen LogP contribution < -0.4 is 10.1 Å². The molecule has 5 nitrogen and oxygen atoms in total. The molecule has 2 amide bonds. The number of carbonyl (C=O) groups excluding carboxylic acids is 2. The summed E-state index contributed by atoms with van der Waals surface area (Å²) in [5, 5.41) is 2.99. The van der Waals surface area contributed by atoms with E-state index in [9.17, 15) is 9.59 Å².